The molecule has 41 heavy (non-hydrogen) atoms. The van der Waals surface area contributed by atoms with E-state index in [1.807, 2.05) is 55.6 Å². The van der Waals surface area contributed by atoms with Gasteiger partial charge in [-0.1, -0.05) is 53.2 Å². The normalized spacial score (nSPS) is 19.0. The van der Waals surface area contributed by atoms with Gasteiger partial charge in [0.05, 0.1) is 22.4 Å². The van der Waals surface area contributed by atoms with Gasteiger partial charge >= 0.3 is 0 Å². The summed E-state index contributed by atoms with van der Waals surface area (Å²) in [7, 11) is 1.85. The van der Waals surface area contributed by atoms with E-state index in [2.05, 4.69) is 39.3 Å². The summed E-state index contributed by atoms with van der Waals surface area (Å²) in [6, 6.07) is 21.9. The van der Waals surface area contributed by atoms with Gasteiger partial charge in [-0.25, -0.2) is 0 Å². The first-order valence-electron chi connectivity index (χ1n) is 13.7. The van der Waals surface area contributed by atoms with Crippen LogP contribution in [0.25, 0.3) is 0 Å². The van der Waals surface area contributed by atoms with Gasteiger partial charge in [0.25, 0.3) is 11.8 Å². The average Bonchev–Trinajstić information content (AvgIpc) is 3.27. The minimum absolute atomic E-state index is 0.00977. The largest absolute Gasteiger partial charge is 0.365 e. The SMILES string of the molecule is Cc1noc(C)c1C(=O)Nc1ccc(N2CCN(C3c4ccccc4C(=O)N(C)c4ccccc43)C[C@H]2C)c(Cl)c1. The first kappa shape index (κ1) is 27.1. The number of nitrogens with zero attached hydrogens (tertiary/aromatic N) is 4. The minimum Gasteiger partial charge on any atom is -0.365 e. The molecule has 1 aromatic heterocycles. The number of rotatable bonds is 4. The van der Waals surface area contributed by atoms with Gasteiger partial charge in [-0.15, -0.1) is 0 Å². The van der Waals surface area contributed by atoms with Crippen molar-refractivity contribution in [3.8, 4) is 0 Å². The summed E-state index contributed by atoms with van der Waals surface area (Å²) in [4.78, 5) is 32.8. The third kappa shape index (κ3) is 4.77. The van der Waals surface area contributed by atoms with Crippen molar-refractivity contribution >= 4 is 40.5 Å². The van der Waals surface area contributed by atoms with Crippen LogP contribution >= 0.6 is 11.6 Å². The summed E-state index contributed by atoms with van der Waals surface area (Å²) in [5, 5.41) is 7.34. The molecule has 0 bridgehead atoms. The molecule has 2 aliphatic rings. The molecule has 2 amide bonds. The molecule has 0 radical (unpaired) electrons. The van der Waals surface area contributed by atoms with Crippen LogP contribution < -0.4 is 15.1 Å². The Morgan fingerprint density at radius 2 is 1.73 bits per heavy atom. The summed E-state index contributed by atoms with van der Waals surface area (Å²) < 4.78 is 5.13. The van der Waals surface area contributed by atoms with Gasteiger partial charge in [0.2, 0.25) is 0 Å². The highest BCUT2D eigenvalue weighted by molar-refractivity contribution is 6.33. The molecule has 3 heterocycles. The molecule has 1 saturated heterocycles. The number of fused-ring (bicyclic) bond motifs is 2. The molecule has 2 aliphatic heterocycles. The predicted octanol–water partition coefficient (Wildman–Crippen LogP) is 6.09. The lowest BCUT2D eigenvalue weighted by Crippen LogP contribution is -2.53. The summed E-state index contributed by atoms with van der Waals surface area (Å²) >= 11 is 6.79. The Morgan fingerprint density at radius 3 is 2.44 bits per heavy atom. The Balaban J connectivity index is 1.25. The fraction of sp³-hybridized carbons (Fsp3) is 0.281. The third-order valence-electron chi connectivity index (χ3n) is 8.18. The summed E-state index contributed by atoms with van der Waals surface area (Å²) in [6.07, 6.45) is 0. The maximum Gasteiger partial charge on any atom is 0.261 e. The van der Waals surface area contributed by atoms with Gasteiger partial charge in [-0.3, -0.25) is 14.5 Å². The van der Waals surface area contributed by atoms with Crippen molar-refractivity contribution < 1.29 is 14.1 Å². The quantitative estimate of drug-likeness (QED) is 0.320. The van der Waals surface area contributed by atoms with Crippen LogP contribution in [0.2, 0.25) is 5.02 Å². The van der Waals surface area contributed by atoms with E-state index >= 15 is 0 Å². The maximum atomic E-state index is 13.4. The van der Waals surface area contributed by atoms with Crippen LogP contribution in [0.4, 0.5) is 17.1 Å². The molecular formula is C32H32ClN5O3. The van der Waals surface area contributed by atoms with Crippen molar-refractivity contribution in [1.82, 2.24) is 10.1 Å². The van der Waals surface area contributed by atoms with Crippen LogP contribution in [0, 0.1) is 13.8 Å². The number of hydrogen-bond donors (Lipinski definition) is 1. The lowest BCUT2D eigenvalue weighted by molar-refractivity contribution is 0.0990. The van der Waals surface area contributed by atoms with E-state index in [0.717, 1.165) is 47.7 Å². The highest BCUT2D eigenvalue weighted by Crippen LogP contribution is 2.41. The number of piperazine rings is 1. The minimum atomic E-state index is -0.278. The monoisotopic (exact) mass is 569 g/mol. The Bertz CT molecular complexity index is 1630. The molecule has 210 valence electrons. The lowest BCUT2D eigenvalue weighted by atomic mass is 9.92. The Hall–Kier alpha value is -4.14. The number of halogens is 1. The third-order valence-corrected chi connectivity index (χ3v) is 8.49. The first-order chi connectivity index (χ1) is 19.7. The second-order valence-corrected chi connectivity index (χ2v) is 11.2. The zero-order valence-corrected chi connectivity index (χ0v) is 24.3. The summed E-state index contributed by atoms with van der Waals surface area (Å²) in [5.41, 5.74) is 6.35. The van der Waals surface area contributed by atoms with Crippen molar-refractivity contribution in [3.63, 3.8) is 0 Å². The van der Waals surface area contributed by atoms with Crippen molar-refractivity contribution in [1.29, 1.82) is 0 Å². The number of hydrogen-bond acceptors (Lipinski definition) is 6. The number of carbonyl (C=O) groups is 2. The van der Waals surface area contributed by atoms with Crippen molar-refractivity contribution in [2.24, 2.45) is 0 Å². The number of amides is 2. The van der Waals surface area contributed by atoms with E-state index in [-0.39, 0.29) is 23.9 Å². The molecule has 9 heteroatoms. The summed E-state index contributed by atoms with van der Waals surface area (Å²) in [6.45, 7) is 7.99. The van der Waals surface area contributed by atoms with Crippen LogP contribution in [-0.2, 0) is 0 Å². The topological polar surface area (TPSA) is 81.9 Å². The van der Waals surface area contributed by atoms with Crippen molar-refractivity contribution in [3.05, 3.63) is 105 Å². The molecule has 1 fully saturated rings. The number of aromatic nitrogens is 1. The summed E-state index contributed by atoms with van der Waals surface area (Å²) in [5.74, 6) is 0.208. The Kier molecular flexibility index (Phi) is 7.05. The van der Waals surface area contributed by atoms with Crippen LogP contribution in [0.3, 0.4) is 0 Å². The highest BCUT2D eigenvalue weighted by Gasteiger charge is 2.37. The first-order valence-corrected chi connectivity index (χ1v) is 14.1. The van der Waals surface area contributed by atoms with Gasteiger partial charge in [0.1, 0.15) is 11.3 Å². The second-order valence-electron chi connectivity index (χ2n) is 10.8. The molecule has 1 unspecified atom stereocenters. The van der Waals surface area contributed by atoms with Crippen molar-refractivity contribution in [2.75, 3.05) is 41.8 Å². The average molecular weight is 570 g/mol. The zero-order valence-electron chi connectivity index (χ0n) is 23.5. The van der Waals surface area contributed by atoms with Gasteiger partial charge in [0, 0.05) is 49.7 Å². The number of anilines is 3. The van der Waals surface area contributed by atoms with E-state index in [9.17, 15) is 9.59 Å². The van der Waals surface area contributed by atoms with E-state index < -0.39 is 0 Å². The Morgan fingerprint density at radius 1 is 1.00 bits per heavy atom. The van der Waals surface area contributed by atoms with E-state index in [1.54, 1.807) is 24.8 Å². The number of aryl methyl sites for hydroxylation is 2. The number of nitrogens with one attached hydrogen (secondary N) is 1. The fourth-order valence-corrected chi connectivity index (χ4v) is 6.49. The van der Waals surface area contributed by atoms with E-state index in [1.165, 1.54) is 0 Å². The number of para-hydroxylation sites is 1. The molecule has 2 atom stereocenters. The molecule has 1 N–H and O–H groups in total. The molecule has 8 nitrogen and oxygen atoms in total. The number of carbonyl (C=O) groups excluding carboxylic acids is 2. The lowest BCUT2D eigenvalue weighted by Gasteiger charge is -2.45. The van der Waals surface area contributed by atoms with Crippen molar-refractivity contribution in [2.45, 2.75) is 32.9 Å². The molecular weight excluding hydrogens is 538 g/mol. The Labute approximate surface area is 244 Å². The van der Waals surface area contributed by atoms with Gasteiger partial charge in [-0.2, -0.15) is 0 Å². The van der Waals surface area contributed by atoms with Gasteiger partial charge < -0.3 is 19.6 Å². The van der Waals surface area contributed by atoms with Gasteiger partial charge in [0.15, 0.2) is 0 Å². The number of benzene rings is 3. The molecule has 3 aromatic carbocycles. The zero-order chi connectivity index (χ0) is 28.8. The molecule has 0 aliphatic carbocycles. The second kappa shape index (κ2) is 10.7. The van der Waals surface area contributed by atoms with Crippen LogP contribution in [0.15, 0.2) is 71.3 Å². The van der Waals surface area contributed by atoms with Crippen LogP contribution in [0.5, 0.6) is 0 Å². The highest BCUT2D eigenvalue weighted by atomic mass is 35.5. The maximum absolute atomic E-state index is 13.4. The molecule has 4 aromatic rings. The smallest absolute Gasteiger partial charge is 0.261 e. The molecule has 6 rings (SSSR count). The molecule has 0 spiro atoms. The van der Waals surface area contributed by atoms with E-state index in [4.69, 9.17) is 16.1 Å². The van der Waals surface area contributed by atoms with E-state index in [0.29, 0.717) is 27.7 Å². The standard InChI is InChI=1S/C32H32ClN5O3/c1-19-18-37(30-23-9-5-6-10-24(23)32(40)36(4)27-12-8-7-11-25(27)30)15-16-38(19)28-14-13-22(17-26(28)33)34-31(39)29-20(2)35-41-21(29)3/h5-14,17,19,30H,15-16,18H2,1-4H3,(H,34,39)/t19-,30?/m1/s1. The van der Waals surface area contributed by atoms with Gasteiger partial charge in [-0.05, 0) is 62.2 Å². The fourth-order valence-electron chi connectivity index (χ4n) is 6.20. The van der Waals surface area contributed by atoms with Crippen LogP contribution in [0.1, 0.15) is 56.3 Å². The molecule has 0 saturated carbocycles. The predicted molar refractivity (Wildman–Crippen MR) is 161 cm³/mol. The van der Waals surface area contributed by atoms with Crippen LogP contribution in [-0.4, -0.2) is 54.6 Å².